The van der Waals surface area contributed by atoms with Crippen LogP contribution in [0.4, 0.5) is 0 Å². The fourth-order valence-electron chi connectivity index (χ4n) is 1.97. The van der Waals surface area contributed by atoms with Crippen LogP contribution in [-0.4, -0.2) is 36.8 Å². The van der Waals surface area contributed by atoms with Gasteiger partial charge in [0.05, 0.1) is 19.3 Å². The zero-order chi connectivity index (χ0) is 18.4. The van der Waals surface area contributed by atoms with E-state index in [2.05, 4.69) is 11.7 Å². The monoisotopic (exact) mass is 386 g/mol. The Hall–Kier alpha value is -0.410. The maximum absolute atomic E-state index is 11.7. The van der Waals surface area contributed by atoms with E-state index in [0.29, 0.717) is 6.42 Å². The summed E-state index contributed by atoms with van der Waals surface area (Å²) >= 11 is 0. The van der Waals surface area contributed by atoms with Crippen LogP contribution in [0.3, 0.4) is 0 Å². The van der Waals surface area contributed by atoms with Crippen molar-refractivity contribution in [1.82, 2.24) is 0 Å². The van der Waals surface area contributed by atoms with Crippen molar-refractivity contribution in [2.75, 3.05) is 6.61 Å². The minimum atomic E-state index is -4.99. The van der Waals surface area contributed by atoms with Crippen molar-refractivity contribution in [3.8, 4) is 0 Å². The molecule has 140 valence electrons. The Labute approximate surface area is 172 Å². The number of allylic oxidation sites excluding steroid dienone is 1. The predicted octanol–water partition coefficient (Wildman–Crippen LogP) is -0.335. The molecule has 0 saturated carbocycles. The van der Waals surface area contributed by atoms with E-state index in [-0.39, 0.29) is 36.2 Å². The van der Waals surface area contributed by atoms with Crippen LogP contribution >= 0.6 is 0 Å². The molecule has 0 saturated heterocycles. The summed E-state index contributed by atoms with van der Waals surface area (Å²) in [6.07, 6.45) is 8.69. The van der Waals surface area contributed by atoms with Crippen LogP contribution in [0.15, 0.2) is 12.3 Å². The smallest absolute Gasteiger partial charge is 0.747 e. The molecule has 0 aliphatic carbocycles. The van der Waals surface area contributed by atoms with Gasteiger partial charge in [-0.1, -0.05) is 51.5 Å². The third-order valence-corrected chi connectivity index (χ3v) is 4.35. The molecular formula is C16H27NaO7S. The second kappa shape index (κ2) is 15.8. The number of esters is 2. The quantitative estimate of drug-likeness (QED) is 0.140. The summed E-state index contributed by atoms with van der Waals surface area (Å²) in [5.41, 5.74) is 0. The molecule has 0 aromatic carbocycles. The maximum Gasteiger partial charge on any atom is 1.00 e. The molecule has 9 heteroatoms. The zero-order valence-corrected chi connectivity index (χ0v) is 18.2. The van der Waals surface area contributed by atoms with Crippen molar-refractivity contribution in [2.24, 2.45) is 0 Å². The molecule has 0 spiro atoms. The standard InChI is InChI=1S/C16H28O7S.Na/c1-3-5-6-7-8-9-10-12-23-16(18)14(24(19,20)21)13-15(17)22-11-4-2;/h4,11,14H,3,5-10,12-13H2,1-2H3,(H,19,20,21);/q;+1/p-1/b11-4+;. The van der Waals surface area contributed by atoms with Gasteiger partial charge in [0, 0.05) is 0 Å². The van der Waals surface area contributed by atoms with Gasteiger partial charge in [0.15, 0.2) is 5.25 Å². The van der Waals surface area contributed by atoms with E-state index < -0.39 is 33.7 Å². The van der Waals surface area contributed by atoms with E-state index >= 15 is 0 Å². The van der Waals surface area contributed by atoms with Crippen LogP contribution in [0.1, 0.15) is 65.2 Å². The number of unbranched alkanes of at least 4 members (excludes halogenated alkanes) is 6. The third kappa shape index (κ3) is 14.4. The Bertz CT molecular complexity index is 503. The molecule has 1 atom stereocenters. The molecule has 0 amide bonds. The van der Waals surface area contributed by atoms with Gasteiger partial charge in [0.2, 0.25) is 0 Å². The number of ether oxygens (including phenoxy) is 2. The van der Waals surface area contributed by atoms with Gasteiger partial charge in [-0.05, 0) is 13.3 Å². The van der Waals surface area contributed by atoms with Gasteiger partial charge in [-0.25, -0.2) is 8.42 Å². The van der Waals surface area contributed by atoms with Crippen LogP contribution in [0, 0.1) is 0 Å². The van der Waals surface area contributed by atoms with Gasteiger partial charge in [-0.2, -0.15) is 0 Å². The third-order valence-electron chi connectivity index (χ3n) is 3.29. The van der Waals surface area contributed by atoms with E-state index in [1.807, 2.05) is 0 Å². The SMILES string of the molecule is C/C=C/OC(=O)CC(C(=O)OCCCCCCCCC)S(=O)(=O)[O-].[Na+]. The van der Waals surface area contributed by atoms with Crippen molar-refractivity contribution in [1.29, 1.82) is 0 Å². The second-order valence-electron chi connectivity index (χ2n) is 5.43. The summed E-state index contributed by atoms with van der Waals surface area (Å²) < 4.78 is 42.8. The number of hydrogen-bond acceptors (Lipinski definition) is 7. The van der Waals surface area contributed by atoms with Crippen molar-refractivity contribution in [2.45, 2.75) is 70.5 Å². The van der Waals surface area contributed by atoms with Gasteiger partial charge in [0.1, 0.15) is 10.1 Å². The first-order chi connectivity index (χ1) is 11.3. The van der Waals surface area contributed by atoms with Crippen molar-refractivity contribution in [3.63, 3.8) is 0 Å². The van der Waals surface area contributed by atoms with Crippen molar-refractivity contribution < 1.29 is 61.6 Å². The van der Waals surface area contributed by atoms with Crippen LogP contribution in [0.2, 0.25) is 0 Å². The topological polar surface area (TPSA) is 110 Å². The van der Waals surface area contributed by atoms with Crippen LogP contribution in [-0.2, 0) is 29.2 Å². The molecule has 0 radical (unpaired) electrons. The summed E-state index contributed by atoms with van der Waals surface area (Å²) in [5.74, 6) is -2.18. The molecule has 7 nitrogen and oxygen atoms in total. The average Bonchev–Trinajstić information content (AvgIpc) is 2.51. The zero-order valence-electron chi connectivity index (χ0n) is 15.4. The molecule has 25 heavy (non-hydrogen) atoms. The van der Waals surface area contributed by atoms with Gasteiger partial charge in [0.25, 0.3) is 0 Å². The minimum Gasteiger partial charge on any atom is -0.747 e. The molecule has 0 aromatic heterocycles. The number of hydrogen-bond donors (Lipinski definition) is 0. The molecule has 0 heterocycles. The summed E-state index contributed by atoms with van der Waals surface area (Å²) in [6, 6.07) is 0. The first kappa shape index (κ1) is 26.8. The first-order valence-electron chi connectivity index (χ1n) is 8.24. The summed E-state index contributed by atoms with van der Waals surface area (Å²) in [5, 5.41) is -2.07. The second-order valence-corrected chi connectivity index (χ2v) is 6.99. The Balaban J connectivity index is 0. The summed E-state index contributed by atoms with van der Waals surface area (Å²) in [6.45, 7) is 3.75. The molecule has 0 N–H and O–H groups in total. The van der Waals surface area contributed by atoms with E-state index in [1.165, 1.54) is 25.3 Å². The molecule has 0 aliphatic rings. The minimum absolute atomic E-state index is 0. The van der Waals surface area contributed by atoms with Crippen LogP contribution in [0.5, 0.6) is 0 Å². The van der Waals surface area contributed by atoms with Gasteiger partial charge in [-0.3, -0.25) is 9.59 Å². The fourth-order valence-corrected chi connectivity index (χ4v) is 2.62. The first-order valence-corrected chi connectivity index (χ1v) is 9.72. The molecular weight excluding hydrogens is 359 g/mol. The molecule has 0 aliphatic heterocycles. The largest absolute Gasteiger partial charge is 1.00 e. The van der Waals surface area contributed by atoms with Crippen LogP contribution < -0.4 is 29.6 Å². The summed E-state index contributed by atoms with van der Waals surface area (Å²) in [4.78, 5) is 23.1. The molecule has 0 fully saturated rings. The van der Waals surface area contributed by atoms with Crippen molar-refractivity contribution >= 4 is 22.1 Å². The van der Waals surface area contributed by atoms with E-state index in [1.54, 1.807) is 6.92 Å². The Morgan fingerprint density at radius 3 is 2.16 bits per heavy atom. The molecule has 0 aromatic rings. The Kier molecular flexibility index (Phi) is 17.0. The molecule has 0 rings (SSSR count). The van der Waals surface area contributed by atoms with E-state index in [9.17, 15) is 22.6 Å². The maximum atomic E-state index is 11.7. The van der Waals surface area contributed by atoms with Crippen LogP contribution in [0.25, 0.3) is 0 Å². The van der Waals surface area contributed by atoms with Gasteiger partial charge in [-0.15, -0.1) is 0 Å². The number of carbonyl (C=O) groups excluding carboxylic acids is 2. The summed E-state index contributed by atoms with van der Waals surface area (Å²) in [7, 11) is -4.99. The normalized spacial score (nSPS) is 12.4. The van der Waals surface area contributed by atoms with E-state index in [4.69, 9.17) is 4.74 Å². The molecule has 0 bridgehead atoms. The van der Waals surface area contributed by atoms with Gasteiger partial charge >= 0.3 is 41.5 Å². The Morgan fingerprint density at radius 2 is 1.64 bits per heavy atom. The molecule has 1 unspecified atom stereocenters. The number of rotatable bonds is 13. The Morgan fingerprint density at radius 1 is 1.08 bits per heavy atom. The predicted molar refractivity (Wildman–Crippen MR) is 88.0 cm³/mol. The van der Waals surface area contributed by atoms with Gasteiger partial charge < -0.3 is 14.0 Å². The van der Waals surface area contributed by atoms with E-state index in [0.717, 1.165) is 25.5 Å². The number of carbonyl (C=O) groups is 2. The average molecular weight is 386 g/mol. The van der Waals surface area contributed by atoms with Crippen molar-refractivity contribution in [3.05, 3.63) is 12.3 Å². The fraction of sp³-hybridized carbons (Fsp3) is 0.750.